The van der Waals surface area contributed by atoms with Crippen molar-refractivity contribution in [1.29, 1.82) is 0 Å². The minimum atomic E-state index is 0. The quantitative estimate of drug-likeness (QED) is 0.516. The molecule has 0 amide bonds. The average Bonchev–Trinajstić information content (AvgIpc) is 2.70. The largest absolute Gasteiger partial charge is 0.0987 e. The van der Waals surface area contributed by atoms with Gasteiger partial charge in [0, 0.05) is 5.92 Å². The van der Waals surface area contributed by atoms with Gasteiger partial charge in [-0.2, -0.15) is 0 Å². The van der Waals surface area contributed by atoms with Gasteiger partial charge in [0.15, 0.2) is 0 Å². The first kappa shape index (κ1) is 20.8. The summed E-state index contributed by atoms with van der Waals surface area (Å²) in [6.45, 7) is 18.3. The molecule has 0 spiro atoms. The van der Waals surface area contributed by atoms with Gasteiger partial charge in [0.05, 0.1) is 0 Å². The molecule has 1 rings (SSSR count). The summed E-state index contributed by atoms with van der Waals surface area (Å²) in [6.07, 6.45) is 13.6. The molecule has 1 aliphatic rings. The summed E-state index contributed by atoms with van der Waals surface area (Å²) < 4.78 is 0. The van der Waals surface area contributed by atoms with Gasteiger partial charge in [0.1, 0.15) is 0 Å². The van der Waals surface area contributed by atoms with Gasteiger partial charge in [0.2, 0.25) is 0 Å². The molecular weight excluding hydrogens is 240 g/mol. The van der Waals surface area contributed by atoms with Crippen molar-refractivity contribution < 1.29 is 0 Å². The van der Waals surface area contributed by atoms with Crippen LogP contribution >= 0.6 is 0 Å². The fourth-order valence-electron chi connectivity index (χ4n) is 2.29. The van der Waals surface area contributed by atoms with Crippen molar-refractivity contribution in [2.75, 3.05) is 0 Å². The summed E-state index contributed by atoms with van der Waals surface area (Å²) in [5, 5.41) is 0. The molecule has 112 valence electrons. The zero-order valence-electron chi connectivity index (χ0n) is 13.2. The van der Waals surface area contributed by atoms with E-state index in [9.17, 15) is 0 Å². The summed E-state index contributed by atoms with van der Waals surface area (Å²) in [5.41, 5.74) is 5.18. The van der Waals surface area contributed by atoms with Gasteiger partial charge in [-0.25, -0.2) is 0 Å². The van der Waals surface area contributed by atoms with Crippen LogP contribution in [0, 0.1) is 5.92 Å². The van der Waals surface area contributed by atoms with Gasteiger partial charge < -0.3 is 0 Å². The van der Waals surface area contributed by atoms with Crippen molar-refractivity contribution in [2.24, 2.45) is 5.92 Å². The second-order valence-electron chi connectivity index (χ2n) is 4.18. The summed E-state index contributed by atoms with van der Waals surface area (Å²) in [6, 6.07) is 0. The predicted octanol–water partition coefficient (Wildman–Crippen LogP) is 6.81. The van der Waals surface area contributed by atoms with Crippen LogP contribution in [-0.2, 0) is 0 Å². The third-order valence-corrected chi connectivity index (χ3v) is 3.14. The van der Waals surface area contributed by atoms with E-state index in [-0.39, 0.29) is 7.43 Å². The molecule has 20 heavy (non-hydrogen) atoms. The molecule has 0 bridgehead atoms. The molecule has 0 saturated heterocycles. The van der Waals surface area contributed by atoms with Crippen molar-refractivity contribution in [3.05, 3.63) is 71.9 Å². The van der Waals surface area contributed by atoms with Gasteiger partial charge in [-0.3, -0.25) is 0 Å². The standard InChI is InChI=1S/C17H22.C2H6.CH4/c1-6-10-12-17-15(9-4)13(5)14(8-3)16(17)11-7-2;1-2;/h7-13H,3-4,6H2,1-2,5H3;1-2H3;1H4/b11-7-,12-10?;;. The Bertz CT molecular complexity index is 425. The van der Waals surface area contributed by atoms with E-state index in [1.54, 1.807) is 0 Å². The van der Waals surface area contributed by atoms with Crippen LogP contribution in [0.15, 0.2) is 71.9 Å². The first-order valence-corrected chi connectivity index (χ1v) is 7.24. The molecular formula is C20H32. The summed E-state index contributed by atoms with van der Waals surface area (Å²) in [4.78, 5) is 0. The molecule has 0 heterocycles. The SMILES string of the molecule is C.C=CC1=C(C=CCC)C(/C=C\C)=C(C=C)C1C.CC. The molecule has 1 unspecified atom stereocenters. The highest BCUT2D eigenvalue weighted by atomic mass is 14.3. The van der Waals surface area contributed by atoms with Crippen LogP contribution in [0.5, 0.6) is 0 Å². The Balaban J connectivity index is 0. The van der Waals surface area contributed by atoms with E-state index in [4.69, 9.17) is 0 Å². The summed E-state index contributed by atoms with van der Waals surface area (Å²) >= 11 is 0. The van der Waals surface area contributed by atoms with E-state index in [0.29, 0.717) is 5.92 Å². The molecule has 0 aromatic carbocycles. The molecule has 0 heteroatoms. The number of hydrogen-bond donors (Lipinski definition) is 0. The topological polar surface area (TPSA) is 0 Å². The van der Waals surface area contributed by atoms with Crippen molar-refractivity contribution in [3.8, 4) is 0 Å². The minimum absolute atomic E-state index is 0. The van der Waals surface area contributed by atoms with Crippen LogP contribution in [0.4, 0.5) is 0 Å². The Labute approximate surface area is 127 Å². The first-order valence-electron chi connectivity index (χ1n) is 7.24. The smallest absolute Gasteiger partial charge is 0.00728 e. The number of hydrogen-bond acceptors (Lipinski definition) is 0. The van der Waals surface area contributed by atoms with E-state index >= 15 is 0 Å². The Morgan fingerprint density at radius 2 is 1.45 bits per heavy atom. The van der Waals surface area contributed by atoms with Gasteiger partial charge in [-0.05, 0) is 35.6 Å². The highest BCUT2D eigenvalue weighted by Crippen LogP contribution is 2.39. The van der Waals surface area contributed by atoms with E-state index in [2.05, 4.69) is 51.3 Å². The van der Waals surface area contributed by atoms with Crippen molar-refractivity contribution in [3.63, 3.8) is 0 Å². The van der Waals surface area contributed by atoms with Crippen LogP contribution in [-0.4, -0.2) is 0 Å². The Kier molecular flexibility index (Phi) is 11.7. The van der Waals surface area contributed by atoms with E-state index < -0.39 is 0 Å². The molecule has 1 atom stereocenters. The van der Waals surface area contributed by atoms with Crippen LogP contribution < -0.4 is 0 Å². The Hall–Kier alpha value is -1.56. The van der Waals surface area contributed by atoms with Gasteiger partial charge in [-0.1, -0.05) is 84.7 Å². The highest BCUT2D eigenvalue weighted by molar-refractivity contribution is 5.63. The second kappa shape index (κ2) is 11.3. The molecule has 0 aromatic rings. The normalized spacial score (nSPS) is 18.1. The van der Waals surface area contributed by atoms with Gasteiger partial charge in [-0.15, -0.1) is 0 Å². The van der Waals surface area contributed by atoms with E-state index in [0.717, 1.165) is 6.42 Å². The van der Waals surface area contributed by atoms with Crippen LogP contribution in [0.25, 0.3) is 0 Å². The maximum Gasteiger partial charge on any atom is 0.00728 e. The molecule has 0 aliphatic heterocycles. The van der Waals surface area contributed by atoms with Crippen molar-refractivity contribution in [2.45, 2.75) is 48.5 Å². The zero-order chi connectivity index (χ0) is 14.8. The maximum absolute atomic E-state index is 3.94. The zero-order valence-corrected chi connectivity index (χ0v) is 13.2. The maximum atomic E-state index is 3.94. The lowest BCUT2D eigenvalue weighted by Crippen LogP contribution is -1.94. The first-order chi connectivity index (χ1) is 9.21. The van der Waals surface area contributed by atoms with Gasteiger partial charge >= 0.3 is 0 Å². The lowest BCUT2D eigenvalue weighted by Gasteiger charge is -2.07. The molecule has 1 aliphatic carbocycles. The summed E-state index contributed by atoms with van der Waals surface area (Å²) in [7, 11) is 0. The molecule has 0 fully saturated rings. The fraction of sp³-hybridized carbons (Fsp3) is 0.400. The van der Waals surface area contributed by atoms with Crippen molar-refractivity contribution in [1.82, 2.24) is 0 Å². The molecule has 0 N–H and O–H groups in total. The monoisotopic (exact) mass is 272 g/mol. The van der Waals surface area contributed by atoms with Crippen LogP contribution in [0.1, 0.15) is 48.5 Å². The average molecular weight is 272 g/mol. The van der Waals surface area contributed by atoms with E-state index in [1.165, 1.54) is 22.3 Å². The molecule has 0 nitrogen and oxygen atoms in total. The number of rotatable bonds is 5. The predicted molar refractivity (Wildman–Crippen MR) is 95.9 cm³/mol. The Morgan fingerprint density at radius 3 is 1.80 bits per heavy atom. The number of allylic oxidation sites excluding steroid dienone is 10. The Morgan fingerprint density at radius 1 is 1.00 bits per heavy atom. The lowest BCUT2D eigenvalue weighted by atomic mass is 9.97. The van der Waals surface area contributed by atoms with Crippen molar-refractivity contribution >= 4 is 0 Å². The minimum Gasteiger partial charge on any atom is -0.0987 e. The highest BCUT2D eigenvalue weighted by Gasteiger charge is 2.24. The second-order valence-corrected chi connectivity index (χ2v) is 4.18. The van der Waals surface area contributed by atoms with E-state index in [1.807, 2.05) is 32.9 Å². The van der Waals surface area contributed by atoms with Crippen LogP contribution in [0.3, 0.4) is 0 Å². The third-order valence-electron chi connectivity index (χ3n) is 3.14. The van der Waals surface area contributed by atoms with Crippen LogP contribution in [0.2, 0.25) is 0 Å². The lowest BCUT2D eigenvalue weighted by molar-refractivity contribution is 0.865. The molecule has 0 radical (unpaired) electrons. The third kappa shape index (κ3) is 4.52. The van der Waals surface area contributed by atoms with Gasteiger partial charge in [0.25, 0.3) is 0 Å². The molecule has 0 saturated carbocycles. The molecule has 0 aromatic heterocycles. The fourth-order valence-corrected chi connectivity index (χ4v) is 2.29. The summed E-state index contributed by atoms with van der Waals surface area (Å²) in [5.74, 6) is 0.396.